The van der Waals surface area contributed by atoms with Crippen LogP contribution < -0.4 is 5.32 Å². The van der Waals surface area contributed by atoms with Crippen LogP contribution >= 0.6 is 15.9 Å². The molecule has 2 aromatic rings. The highest BCUT2D eigenvalue weighted by atomic mass is 79.9. The van der Waals surface area contributed by atoms with Crippen molar-refractivity contribution in [2.24, 2.45) is 0 Å². The molecule has 2 rings (SSSR count). The highest BCUT2D eigenvalue weighted by molar-refractivity contribution is 9.10. The van der Waals surface area contributed by atoms with Gasteiger partial charge in [-0.2, -0.15) is 0 Å². The third-order valence-electron chi connectivity index (χ3n) is 1.86. The molecule has 0 saturated heterocycles. The van der Waals surface area contributed by atoms with Crippen molar-refractivity contribution in [3.05, 3.63) is 53.0 Å². The van der Waals surface area contributed by atoms with Crippen LogP contribution in [0.1, 0.15) is 10.5 Å². The van der Waals surface area contributed by atoms with E-state index < -0.39 is 0 Å². The fourth-order valence-corrected chi connectivity index (χ4v) is 1.54. The third kappa shape index (κ3) is 2.64. The van der Waals surface area contributed by atoms with Crippen LogP contribution in [0.4, 0.5) is 5.69 Å². The van der Waals surface area contributed by atoms with Gasteiger partial charge in [0.1, 0.15) is 5.69 Å². The first kappa shape index (κ1) is 10.8. The normalized spacial score (nSPS) is 9.81. The Hall–Kier alpha value is -1.75. The minimum atomic E-state index is -0.250. The lowest BCUT2D eigenvalue weighted by atomic mass is 10.3. The molecule has 1 N–H and O–H groups in total. The molecule has 0 saturated carbocycles. The van der Waals surface area contributed by atoms with Gasteiger partial charge in [0.2, 0.25) is 0 Å². The average molecular weight is 278 g/mol. The van der Waals surface area contributed by atoms with E-state index in [0.717, 1.165) is 4.47 Å². The topological polar surface area (TPSA) is 54.9 Å². The highest BCUT2D eigenvalue weighted by Crippen LogP contribution is 2.14. The van der Waals surface area contributed by atoms with Crippen molar-refractivity contribution in [3.8, 4) is 0 Å². The molecule has 0 unspecified atom stereocenters. The van der Waals surface area contributed by atoms with E-state index in [4.69, 9.17) is 0 Å². The SMILES string of the molecule is O=C(Nc1cncc(Br)c1)c1ccccn1. The molecule has 2 aromatic heterocycles. The van der Waals surface area contributed by atoms with Gasteiger partial charge in [0.15, 0.2) is 0 Å². The summed E-state index contributed by atoms with van der Waals surface area (Å²) in [5.74, 6) is -0.250. The Bertz CT molecular complexity index is 502. The molecule has 80 valence electrons. The maximum Gasteiger partial charge on any atom is 0.274 e. The van der Waals surface area contributed by atoms with Gasteiger partial charge in [-0.05, 0) is 34.1 Å². The molecule has 0 bridgehead atoms. The van der Waals surface area contributed by atoms with Gasteiger partial charge in [-0.25, -0.2) is 0 Å². The van der Waals surface area contributed by atoms with Gasteiger partial charge in [0.25, 0.3) is 5.91 Å². The number of hydrogen-bond acceptors (Lipinski definition) is 3. The van der Waals surface area contributed by atoms with Crippen molar-refractivity contribution < 1.29 is 4.79 Å². The number of carbonyl (C=O) groups excluding carboxylic acids is 1. The lowest BCUT2D eigenvalue weighted by Crippen LogP contribution is -2.13. The minimum absolute atomic E-state index is 0.250. The molecule has 0 aliphatic rings. The smallest absolute Gasteiger partial charge is 0.274 e. The number of nitrogens with one attached hydrogen (secondary N) is 1. The van der Waals surface area contributed by atoms with Gasteiger partial charge in [-0.15, -0.1) is 0 Å². The molecule has 0 spiro atoms. The Labute approximate surface area is 101 Å². The van der Waals surface area contributed by atoms with Gasteiger partial charge in [0.05, 0.1) is 11.9 Å². The molecule has 5 heteroatoms. The van der Waals surface area contributed by atoms with Crippen LogP contribution in [-0.2, 0) is 0 Å². The number of pyridine rings is 2. The Kier molecular flexibility index (Phi) is 3.26. The fourth-order valence-electron chi connectivity index (χ4n) is 1.17. The van der Waals surface area contributed by atoms with E-state index in [0.29, 0.717) is 11.4 Å². The molecule has 2 heterocycles. The van der Waals surface area contributed by atoms with Crippen molar-refractivity contribution >= 4 is 27.5 Å². The summed E-state index contributed by atoms with van der Waals surface area (Å²) in [6.45, 7) is 0. The highest BCUT2D eigenvalue weighted by Gasteiger charge is 2.06. The Morgan fingerprint density at radius 3 is 2.88 bits per heavy atom. The lowest BCUT2D eigenvalue weighted by molar-refractivity contribution is 0.102. The van der Waals surface area contributed by atoms with Crippen LogP contribution in [0.15, 0.2) is 47.3 Å². The molecule has 0 atom stereocenters. The molecule has 0 aromatic carbocycles. The van der Waals surface area contributed by atoms with Crippen molar-refractivity contribution in [1.29, 1.82) is 0 Å². The molecule has 0 fully saturated rings. The number of amides is 1. The van der Waals surface area contributed by atoms with E-state index in [1.54, 1.807) is 42.9 Å². The number of carbonyl (C=O) groups is 1. The van der Waals surface area contributed by atoms with Gasteiger partial charge in [0, 0.05) is 16.9 Å². The first-order valence-corrected chi connectivity index (χ1v) is 5.38. The number of rotatable bonds is 2. The Morgan fingerprint density at radius 2 is 2.19 bits per heavy atom. The van der Waals surface area contributed by atoms with E-state index in [9.17, 15) is 4.79 Å². The van der Waals surface area contributed by atoms with Crippen LogP contribution in [0.5, 0.6) is 0 Å². The Balaban J connectivity index is 2.14. The van der Waals surface area contributed by atoms with Gasteiger partial charge >= 0.3 is 0 Å². The predicted octanol–water partition coefficient (Wildman–Crippen LogP) is 2.49. The number of hydrogen-bond donors (Lipinski definition) is 1. The van der Waals surface area contributed by atoms with Crippen molar-refractivity contribution in [1.82, 2.24) is 9.97 Å². The van der Waals surface area contributed by atoms with E-state index in [-0.39, 0.29) is 5.91 Å². The second-order valence-corrected chi connectivity index (χ2v) is 3.98. The summed E-state index contributed by atoms with van der Waals surface area (Å²) in [5.41, 5.74) is 1.01. The number of anilines is 1. The quantitative estimate of drug-likeness (QED) is 0.918. The van der Waals surface area contributed by atoms with E-state index >= 15 is 0 Å². The molecule has 16 heavy (non-hydrogen) atoms. The van der Waals surface area contributed by atoms with Crippen LogP contribution in [-0.4, -0.2) is 15.9 Å². The lowest BCUT2D eigenvalue weighted by Gasteiger charge is -2.03. The minimum Gasteiger partial charge on any atom is -0.319 e. The summed E-state index contributed by atoms with van der Waals surface area (Å²) in [4.78, 5) is 19.6. The monoisotopic (exact) mass is 277 g/mol. The summed E-state index contributed by atoms with van der Waals surface area (Å²) >= 11 is 3.28. The largest absolute Gasteiger partial charge is 0.319 e. The Morgan fingerprint density at radius 1 is 1.31 bits per heavy atom. The van der Waals surface area contributed by atoms with Crippen molar-refractivity contribution in [3.63, 3.8) is 0 Å². The zero-order valence-electron chi connectivity index (χ0n) is 8.22. The second-order valence-electron chi connectivity index (χ2n) is 3.06. The average Bonchev–Trinajstić information content (AvgIpc) is 2.30. The standard InChI is InChI=1S/C11H8BrN3O/c12-8-5-9(7-13-6-8)15-11(16)10-3-1-2-4-14-10/h1-7H,(H,15,16). The summed E-state index contributed by atoms with van der Waals surface area (Å²) in [7, 11) is 0. The predicted molar refractivity (Wildman–Crippen MR) is 64.1 cm³/mol. The fraction of sp³-hybridized carbons (Fsp3) is 0. The molecule has 4 nitrogen and oxygen atoms in total. The van der Waals surface area contributed by atoms with Crippen LogP contribution in [0.3, 0.4) is 0 Å². The maximum absolute atomic E-state index is 11.7. The summed E-state index contributed by atoms with van der Waals surface area (Å²) < 4.78 is 0.811. The zero-order valence-corrected chi connectivity index (χ0v) is 9.81. The van der Waals surface area contributed by atoms with Crippen molar-refractivity contribution in [2.45, 2.75) is 0 Å². The molecular formula is C11H8BrN3O. The van der Waals surface area contributed by atoms with Crippen LogP contribution in [0, 0.1) is 0 Å². The summed E-state index contributed by atoms with van der Waals surface area (Å²) in [5, 5.41) is 2.71. The molecule has 0 aliphatic heterocycles. The molecule has 0 aliphatic carbocycles. The third-order valence-corrected chi connectivity index (χ3v) is 2.29. The number of aromatic nitrogens is 2. The molecule has 1 amide bonds. The van der Waals surface area contributed by atoms with E-state index in [2.05, 4.69) is 31.2 Å². The van der Waals surface area contributed by atoms with E-state index in [1.807, 2.05) is 0 Å². The van der Waals surface area contributed by atoms with Gasteiger partial charge < -0.3 is 5.32 Å². The zero-order chi connectivity index (χ0) is 11.4. The van der Waals surface area contributed by atoms with E-state index in [1.165, 1.54) is 0 Å². The molecular weight excluding hydrogens is 270 g/mol. The van der Waals surface area contributed by atoms with Crippen LogP contribution in [0.2, 0.25) is 0 Å². The van der Waals surface area contributed by atoms with Gasteiger partial charge in [-0.3, -0.25) is 14.8 Å². The molecule has 0 radical (unpaired) electrons. The first-order valence-electron chi connectivity index (χ1n) is 4.58. The van der Waals surface area contributed by atoms with Gasteiger partial charge in [-0.1, -0.05) is 6.07 Å². The number of nitrogens with zero attached hydrogens (tertiary/aromatic N) is 2. The number of halogens is 1. The summed E-state index contributed by atoms with van der Waals surface area (Å²) in [6, 6.07) is 6.95. The maximum atomic E-state index is 11.7. The van der Waals surface area contributed by atoms with Crippen molar-refractivity contribution in [2.75, 3.05) is 5.32 Å². The van der Waals surface area contributed by atoms with Crippen LogP contribution in [0.25, 0.3) is 0 Å². The first-order chi connectivity index (χ1) is 7.75. The second kappa shape index (κ2) is 4.85. The summed E-state index contributed by atoms with van der Waals surface area (Å²) in [6.07, 6.45) is 4.80.